The number of benzene rings is 1. The Kier molecular flexibility index (Phi) is 6.83. The first-order valence-corrected chi connectivity index (χ1v) is 7.28. The van der Waals surface area contributed by atoms with Gasteiger partial charge in [0.05, 0.1) is 0 Å². The molecule has 1 aromatic rings. The normalized spacial score (nSPS) is 18.8. The lowest BCUT2D eigenvalue weighted by Crippen LogP contribution is -2.44. The fourth-order valence-corrected chi connectivity index (χ4v) is 2.95. The Bertz CT molecular complexity index is 426. The number of hydrogen-bond acceptors (Lipinski definition) is 2. The molecule has 0 saturated carbocycles. The molecule has 0 bridgehead atoms. The van der Waals surface area contributed by atoms with E-state index in [1.807, 2.05) is 29.2 Å². The number of nitrogens with two attached hydrogens (primary N) is 1. The van der Waals surface area contributed by atoms with Gasteiger partial charge in [-0.1, -0.05) is 22.0 Å². The van der Waals surface area contributed by atoms with Crippen LogP contribution in [0.25, 0.3) is 0 Å². The fourth-order valence-electron chi connectivity index (χ4n) is 2.55. The monoisotopic (exact) mass is 346 g/mol. The Morgan fingerprint density at radius 2 is 2.21 bits per heavy atom. The van der Waals surface area contributed by atoms with Crippen molar-refractivity contribution in [2.45, 2.75) is 31.7 Å². The van der Waals surface area contributed by atoms with Crippen molar-refractivity contribution in [2.75, 3.05) is 13.1 Å². The summed E-state index contributed by atoms with van der Waals surface area (Å²) < 4.78 is 0.945. The molecule has 1 aromatic carbocycles. The molecule has 5 heteroatoms. The van der Waals surface area contributed by atoms with E-state index in [9.17, 15) is 4.79 Å². The molecule has 0 spiro atoms. The maximum atomic E-state index is 12.5. The standard InChI is InChI=1S/C14H19BrN2O.ClH/c15-12-5-3-4-11(10-12)14(18)17-9-2-1-6-13(17)7-8-16;/h3-5,10,13H,1-2,6-9,16H2;1H. The van der Waals surface area contributed by atoms with E-state index in [4.69, 9.17) is 5.73 Å². The van der Waals surface area contributed by atoms with Gasteiger partial charge in [0, 0.05) is 22.6 Å². The molecule has 1 unspecified atom stereocenters. The average molecular weight is 348 g/mol. The smallest absolute Gasteiger partial charge is 0.254 e. The second kappa shape index (κ2) is 7.88. The zero-order valence-corrected chi connectivity index (χ0v) is 13.3. The van der Waals surface area contributed by atoms with Crippen LogP contribution in [-0.4, -0.2) is 29.9 Å². The van der Waals surface area contributed by atoms with E-state index < -0.39 is 0 Å². The van der Waals surface area contributed by atoms with Gasteiger partial charge in [0.15, 0.2) is 0 Å². The third-order valence-electron chi connectivity index (χ3n) is 3.46. The number of halogens is 2. The molecule has 1 amide bonds. The first-order chi connectivity index (χ1) is 8.72. The van der Waals surface area contributed by atoms with Crippen LogP contribution < -0.4 is 5.73 Å². The van der Waals surface area contributed by atoms with Crippen molar-refractivity contribution >= 4 is 34.2 Å². The Morgan fingerprint density at radius 3 is 2.89 bits per heavy atom. The summed E-state index contributed by atoms with van der Waals surface area (Å²) in [7, 11) is 0. The van der Waals surface area contributed by atoms with Crippen LogP contribution in [0.15, 0.2) is 28.7 Å². The van der Waals surface area contributed by atoms with Crippen LogP contribution >= 0.6 is 28.3 Å². The number of carbonyl (C=O) groups excluding carboxylic acids is 1. The number of amides is 1. The van der Waals surface area contributed by atoms with E-state index in [-0.39, 0.29) is 18.3 Å². The summed E-state index contributed by atoms with van der Waals surface area (Å²) >= 11 is 3.41. The SMILES string of the molecule is Cl.NCCC1CCCCN1C(=O)c1cccc(Br)c1. The molecular weight excluding hydrogens is 328 g/mol. The molecule has 1 heterocycles. The first kappa shape index (κ1) is 16.5. The van der Waals surface area contributed by atoms with Crippen molar-refractivity contribution < 1.29 is 4.79 Å². The Balaban J connectivity index is 0.00000180. The summed E-state index contributed by atoms with van der Waals surface area (Å²) in [6.45, 7) is 1.50. The summed E-state index contributed by atoms with van der Waals surface area (Å²) in [5, 5.41) is 0. The van der Waals surface area contributed by atoms with Gasteiger partial charge in [-0.05, 0) is 50.4 Å². The van der Waals surface area contributed by atoms with E-state index in [0.29, 0.717) is 12.6 Å². The van der Waals surface area contributed by atoms with E-state index >= 15 is 0 Å². The summed E-state index contributed by atoms with van der Waals surface area (Å²) in [4.78, 5) is 14.5. The number of likely N-dealkylation sites (tertiary alicyclic amines) is 1. The van der Waals surface area contributed by atoms with Gasteiger partial charge < -0.3 is 10.6 Å². The van der Waals surface area contributed by atoms with Crippen molar-refractivity contribution in [2.24, 2.45) is 5.73 Å². The zero-order chi connectivity index (χ0) is 13.0. The van der Waals surface area contributed by atoms with Crippen LogP contribution in [0, 0.1) is 0 Å². The zero-order valence-electron chi connectivity index (χ0n) is 10.8. The largest absolute Gasteiger partial charge is 0.336 e. The lowest BCUT2D eigenvalue weighted by Gasteiger charge is -2.35. The van der Waals surface area contributed by atoms with Crippen LogP contribution in [0.4, 0.5) is 0 Å². The third kappa shape index (κ3) is 4.20. The molecule has 1 aliphatic heterocycles. The number of carbonyl (C=O) groups is 1. The van der Waals surface area contributed by atoms with Gasteiger partial charge in [0.1, 0.15) is 0 Å². The highest BCUT2D eigenvalue weighted by Gasteiger charge is 2.26. The summed E-state index contributed by atoms with van der Waals surface area (Å²) in [6, 6.07) is 7.91. The topological polar surface area (TPSA) is 46.3 Å². The molecule has 1 aliphatic rings. The highest BCUT2D eigenvalue weighted by molar-refractivity contribution is 9.10. The van der Waals surface area contributed by atoms with E-state index in [1.54, 1.807) is 0 Å². The van der Waals surface area contributed by atoms with Crippen molar-refractivity contribution in [3.63, 3.8) is 0 Å². The lowest BCUT2D eigenvalue weighted by molar-refractivity contribution is 0.0605. The molecule has 3 nitrogen and oxygen atoms in total. The summed E-state index contributed by atoms with van der Waals surface area (Å²) in [6.07, 6.45) is 4.28. The number of nitrogens with zero attached hydrogens (tertiary/aromatic N) is 1. The average Bonchev–Trinajstić information content (AvgIpc) is 2.39. The maximum Gasteiger partial charge on any atom is 0.254 e. The molecule has 0 aliphatic carbocycles. The number of piperidine rings is 1. The molecule has 0 aromatic heterocycles. The van der Waals surface area contributed by atoms with Gasteiger partial charge in [-0.25, -0.2) is 0 Å². The van der Waals surface area contributed by atoms with Gasteiger partial charge in [-0.15, -0.1) is 12.4 Å². The van der Waals surface area contributed by atoms with E-state index in [2.05, 4.69) is 15.9 Å². The Morgan fingerprint density at radius 1 is 1.42 bits per heavy atom. The van der Waals surface area contributed by atoms with Crippen molar-refractivity contribution in [3.05, 3.63) is 34.3 Å². The van der Waals surface area contributed by atoms with E-state index in [0.717, 1.165) is 35.8 Å². The molecule has 19 heavy (non-hydrogen) atoms. The summed E-state index contributed by atoms with van der Waals surface area (Å²) in [5.41, 5.74) is 6.40. The molecule has 2 N–H and O–H groups in total. The summed E-state index contributed by atoms with van der Waals surface area (Å²) in [5.74, 6) is 0.134. The molecule has 0 radical (unpaired) electrons. The fraction of sp³-hybridized carbons (Fsp3) is 0.500. The minimum Gasteiger partial charge on any atom is -0.336 e. The van der Waals surface area contributed by atoms with Crippen LogP contribution in [0.5, 0.6) is 0 Å². The van der Waals surface area contributed by atoms with Crippen molar-refractivity contribution in [1.29, 1.82) is 0 Å². The highest BCUT2D eigenvalue weighted by Crippen LogP contribution is 2.22. The highest BCUT2D eigenvalue weighted by atomic mass is 79.9. The van der Waals surface area contributed by atoms with Crippen molar-refractivity contribution in [1.82, 2.24) is 4.90 Å². The van der Waals surface area contributed by atoms with Crippen LogP contribution in [-0.2, 0) is 0 Å². The van der Waals surface area contributed by atoms with Crippen LogP contribution in [0.2, 0.25) is 0 Å². The number of rotatable bonds is 3. The predicted molar refractivity (Wildman–Crippen MR) is 83.7 cm³/mol. The third-order valence-corrected chi connectivity index (χ3v) is 3.95. The van der Waals surface area contributed by atoms with E-state index in [1.165, 1.54) is 6.42 Å². The molecule has 2 rings (SSSR count). The first-order valence-electron chi connectivity index (χ1n) is 6.49. The van der Waals surface area contributed by atoms with Gasteiger partial charge >= 0.3 is 0 Å². The van der Waals surface area contributed by atoms with Gasteiger partial charge in [-0.3, -0.25) is 4.79 Å². The predicted octanol–water partition coefficient (Wildman–Crippen LogP) is 3.21. The minimum atomic E-state index is 0. The second-order valence-corrected chi connectivity index (χ2v) is 5.65. The molecule has 106 valence electrons. The van der Waals surface area contributed by atoms with Crippen LogP contribution in [0.3, 0.4) is 0 Å². The maximum absolute atomic E-state index is 12.5. The number of hydrogen-bond donors (Lipinski definition) is 1. The molecule has 1 fully saturated rings. The minimum absolute atomic E-state index is 0. The Hall–Kier alpha value is -0.580. The van der Waals surface area contributed by atoms with Gasteiger partial charge in [0.2, 0.25) is 0 Å². The quantitative estimate of drug-likeness (QED) is 0.912. The van der Waals surface area contributed by atoms with Crippen molar-refractivity contribution in [3.8, 4) is 0 Å². The van der Waals surface area contributed by atoms with Gasteiger partial charge in [0.25, 0.3) is 5.91 Å². The van der Waals surface area contributed by atoms with Gasteiger partial charge in [-0.2, -0.15) is 0 Å². The molecule has 1 atom stereocenters. The molecule has 1 saturated heterocycles. The van der Waals surface area contributed by atoms with Crippen LogP contribution in [0.1, 0.15) is 36.0 Å². The molecular formula is C14H20BrClN2O. The lowest BCUT2D eigenvalue weighted by atomic mass is 9.98. The second-order valence-electron chi connectivity index (χ2n) is 4.74. The Labute approximate surface area is 129 Å².